The van der Waals surface area contributed by atoms with Gasteiger partial charge in [-0.3, -0.25) is 0 Å². The maximum atomic E-state index is 14.3. The molecule has 5 heteroatoms. The first kappa shape index (κ1) is 14.4. The molecule has 11 rings (SSSR count). The molecule has 1 aromatic rings. The number of ketones is 3. The van der Waals surface area contributed by atoms with Crippen molar-refractivity contribution in [2.24, 2.45) is 5.41 Å². The summed E-state index contributed by atoms with van der Waals surface area (Å²) in [5.74, 6) is 0.0889. The van der Waals surface area contributed by atoms with Crippen molar-refractivity contribution in [1.82, 2.24) is 0 Å². The summed E-state index contributed by atoms with van der Waals surface area (Å²) >= 11 is 0. The molecule has 4 nitrogen and oxygen atoms in total. The van der Waals surface area contributed by atoms with Crippen molar-refractivity contribution in [2.75, 3.05) is 7.11 Å². The predicted octanol–water partition coefficient (Wildman–Crippen LogP) is 5.20. The number of hydrogen-bond donors (Lipinski definition) is 0. The summed E-state index contributed by atoms with van der Waals surface area (Å²) in [5, 5.41) is 0. The third-order valence-electron chi connectivity index (χ3n) is 18.4. The van der Waals surface area contributed by atoms with E-state index in [1.807, 2.05) is 24.3 Å². The van der Waals surface area contributed by atoms with Gasteiger partial charge in [-0.2, -0.15) is 0 Å². The molecule has 10 heterocycles. The van der Waals surface area contributed by atoms with E-state index in [9.17, 15) is 14.4 Å². The summed E-state index contributed by atoms with van der Waals surface area (Å²) in [6.45, 7) is 3.30. The Morgan fingerprint density at radius 3 is 1.67 bits per heavy atom. The summed E-state index contributed by atoms with van der Waals surface area (Å²) < 4.78 is 5.08. The van der Waals surface area contributed by atoms with Gasteiger partial charge in [0.25, 0.3) is 0 Å². The van der Waals surface area contributed by atoms with Crippen LogP contribution in [0.1, 0.15) is 19.4 Å². The number of allylic oxidation sites excluding steroid dienone is 1. The van der Waals surface area contributed by atoms with Crippen molar-refractivity contribution >= 4 is 22.9 Å². The summed E-state index contributed by atoms with van der Waals surface area (Å²) in [5.41, 5.74) is -0.405. The van der Waals surface area contributed by atoms with Crippen molar-refractivity contribution in [3.05, 3.63) is 36.4 Å². The van der Waals surface area contributed by atoms with E-state index in [0.717, 1.165) is 33.7 Å². The molecule has 0 aromatic heterocycles. The SMILES string of the molecule is C=C(C(=O)C(C(C)=O)(C(C)=O)[C]12[CH]3[CH]4[CH]5[CH]1[Fe]45321678[CH]2[CH]1[CH]6[CH]7[CH]28)c1ccc(OC)cc1. The predicted molar refractivity (Wildman–Crippen MR) is 107 cm³/mol. The van der Waals surface area contributed by atoms with Crippen molar-refractivity contribution in [3.63, 3.8) is 0 Å². The quantitative estimate of drug-likeness (QED) is 0.330. The molecule has 1 spiro atoms. The fraction of sp³-hybridized carbons (Fsp3) is 0.560. The Morgan fingerprint density at radius 1 is 0.900 bits per heavy atom. The average Bonchev–Trinajstić information content (AvgIpc) is 3.66. The summed E-state index contributed by atoms with van der Waals surface area (Å²) in [4.78, 5) is 49.4. The van der Waals surface area contributed by atoms with Gasteiger partial charge in [0.1, 0.15) is 0 Å². The number of carbonyl (C=O) groups is 3. The van der Waals surface area contributed by atoms with Crippen LogP contribution < -0.4 is 4.74 Å². The molecule has 30 heavy (non-hydrogen) atoms. The molecule has 0 N–H and O–H groups in total. The molecule has 4 unspecified atom stereocenters. The van der Waals surface area contributed by atoms with Crippen LogP contribution in [0.25, 0.3) is 5.57 Å². The van der Waals surface area contributed by atoms with E-state index < -0.39 is 11.9 Å². The Kier molecular flexibility index (Phi) is 0.815. The van der Waals surface area contributed by atoms with Gasteiger partial charge < -0.3 is 0 Å². The molecule has 4 atom stereocenters. The van der Waals surface area contributed by atoms with Gasteiger partial charge in [-0.05, 0) is 0 Å². The molecule has 0 amide bonds. The third-order valence-corrected chi connectivity index (χ3v) is 60.8. The zero-order chi connectivity index (χ0) is 20.5. The van der Waals surface area contributed by atoms with E-state index in [0.29, 0.717) is 26.5 Å². The average molecular weight is 444 g/mol. The number of methoxy groups -OCH3 is 1. The van der Waals surface area contributed by atoms with Crippen LogP contribution in [-0.2, 0) is 20.9 Å². The topological polar surface area (TPSA) is 60.4 Å². The van der Waals surface area contributed by atoms with Gasteiger partial charge >= 0.3 is 165 Å². The molecule has 0 saturated carbocycles. The zero-order valence-corrected chi connectivity index (χ0v) is 18.3. The molecular formula is C25H24FeO4. The fourth-order valence-electron chi connectivity index (χ4n) is 19.7. The molecule has 156 valence electrons. The Bertz CT molecular complexity index is 1560. The molecule has 10 aliphatic heterocycles. The Labute approximate surface area is 164 Å². The number of carbonyl (C=O) groups excluding carboxylic acids is 3. The summed E-state index contributed by atoms with van der Waals surface area (Å²) in [6.07, 6.45) is 0. The van der Waals surface area contributed by atoms with E-state index in [1.54, 1.807) is 7.11 Å². The number of hydrogen-bond acceptors (Lipinski definition) is 4. The van der Waals surface area contributed by atoms with Crippen LogP contribution in [-0.4, -0.2) is 24.5 Å². The molecule has 0 aliphatic carbocycles. The normalized spacial score (nSPS) is 72.6. The third kappa shape index (κ3) is 0.252. The number of benzene rings is 1. The van der Waals surface area contributed by atoms with Crippen LogP contribution in [0.15, 0.2) is 30.8 Å². The fourth-order valence-corrected chi connectivity index (χ4v) is 94.8. The van der Waals surface area contributed by atoms with E-state index in [4.69, 9.17) is 4.74 Å². The van der Waals surface area contributed by atoms with E-state index in [1.165, 1.54) is 13.8 Å². The molecule has 10 saturated heterocycles. The number of rotatable bonds is 7. The summed E-state index contributed by atoms with van der Waals surface area (Å²) in [7, 11) is 1.60. The van der Waals surface area contributed by atoms with Gasteiger partial charge in [-0.1, -0.05) is 0 Å². The van der Waals surface area contributed by atoms with Crippen LogP contribution in [0.2, 0.25) is 47.7 Å². The van der Waals surface area contributed by atoms with E-state index in [2.05, 4.69) is 6.58 Å². The first-order valence-electron chi connectivity index (χ1n) is 11.2. The Hall–Kier alpha value is -1.71. The second kappa shape index (κ2) is 1.70. The molecule has 0 radical (unpaired) electrons. The number of Topliss-reactive ketones (excluding diaryl/α,β-unsaturated/α-hetero) is 3. The first-order chi connectivity index (χ1) is 14.0. The Morgan fingerprint density at radius 2 is 1.37 bits per heavy atom. The number of fused-ring (bicyclic) bond motifs is 10. The second-order valence-corrected chi connectivity index (χ2v) is 37.6. The first-order valence-corrected chi connectivity index (χ1v) is 17.4. The van der Waals surface area contributed by atoms with Gasteiger partial charge in [0.05, 0.1) is 0 Å². The minimum absolute atomic E-state index is 0.157. The minimum atomic E-state index is -3.92. The standard InChI is InChI=1S/C20H19O4.C5H5.Fe/c1-13(16-9-11-18(24-4)12-10-16)19(23)20(14(2)21,15(3)22)17-7-5-6-8-17;1-2-4-5-3-1;/h5-12H,1H2,2-4H3;1-5H;. The van der Waals surface area contributed by atoms with Gasteiger partial charge in [0.2, 0.25) is 0 Å². The van der Waals surface area contributed by atoms with Crippen molar-refractivity contribution < 1.29 is 25.6 Å². The van der Waals surface area contributed by atoms with Gasteiger partial charge in [0, 0.05) is 0 Å². The van der Waals surface area contributed by atoms with Crippen molar-refractivity contribution in [2.45, 2.75) is 61.5 Å². The molecule has 1 aromatic carbocycles. The maximum absolute atomic E-state index is 14.3. The monoisotopic (exact) mass is 444 g/mol. The zero-order valence-electron chi connectivity index (χ0n) is 17.2. The number of ether oxygens (including phenoxy) is 1. The molecule has 0 bridgehead atoms. The molecule has 10 fully saturated rings. The summed E-state index contributed by atoms with van der Waals surface area (Å²) in [6, 6.07) is 7.26. The van der Waals surface area contributed by atoms with E-state index >= 15 is 0 Å². The van der Waals surface area contributed by atoms with Gasteiger partial charge in [-0.25, -0.2) is 0 Å². The van der Waals surface area contributed by atoms with Crippen LogP contribution in [0.3, 0.4) is 0 Å². The van der Waals surface area contributed by atoms with Crippen LogP contribution in [0, 0.1) is 5.41 Å². The van der Waals surface area contributed by atoms with Crippen LogP contribution in [0.4, 0.5) is 0 Å². The molecule has 10 aliphatic rings. The van der Waals surface area contributed by atoms with E-state index in [-0.39, 0.29) is 21.7 Å². The van der Waals surface area contributed by atoms with Crippen molar-refractivity contribution in [1.29, 1.82) is 0 Å². The van der Waals surface area contributed by atoms with Crippen molar-refractivity contribution in [3.8, 4) is 5.75 Å². The van der Waals surface area contributed by atoms with Crippen LogP contribution in [0.5, 0.6) is 5.75 Å². The second-order valence-electron chi connectivity index (χ2n) is 14.1. The van der Waals surface area contributed by atoms with Gasteiger partial charge in [0.15, 0.2) is 0 Å². The van der Waals surface area contributed by atoms with Crippen LogP contribution >= 0.6 is 0 Å². The molecular weight excluding hydrogens is 420 g/mol. The van der Waals surface area contributed by atoms with Gasteiger partial charge in [-0.15, -0.1) is 0 Å². The Balaban J connectivity index is 1.18.